The number of hydrogen-bond acceptors (Lipinski definition) is 4. The van der Waals surface area contributed by atoms with Crippen LogP contribution in [0.3, 0.4) is 0 Å². The van der Waals surface area contributed by atoms with E-state index in [2.05, 4.69) is 5.10 Å². The summed E-state index contributed by atoms with van der Waals surface area (Å²) in [4.78, 5) is 12.5. The Bertz CT molecular complexity index is 1490. The zero-order chi connectivity index (χ0) is 26.5. The molecule has 2 atom stereocenters. The van der Waals surface area contributed by atoms with Crippen LogP contribution in [-0.4, -0.2) is 39.2 Å². The van der Waals surface area contributed by atoms with Gasteiger partial charge in [-0.3, -0.25) is 14.4 Å². The summed E-state index contributed by atoms with van der Waals surface area (Å²) in [5.41, 5.74) is 1.76. The SMILES string of the molecule is CC1Cc2c(oc3ccc(-c4cnn(C)c4)cc23)C(c2c(F)cc(/C=C/C=O)cc2F)N1CC(C)(C)F. The summed E-state index contributed by atoms with van der Waals surface area (Å²) in [5, 5.41) is 5.10. The normalized spacial score (nSPS) is 18.6. The summed E-state index contributed by atoms with van der Waals surface area (Å²) in [6.07, 6.45) is 7.27. The maximum Gasteiger partial charge on any atom is 0.142 e. The maximum atomic E-state index is 15.6. The molecule has 0 aliphatic carbocycles. The van der Waals surface area contributed by atoms with E-state index in [1.807, 2.05) is 38.4 Å². The van der Waals surface area contributed by atoms with Gasteiger partial charge in [-0.15, -0.1) is 0 Å². The average molecular weight is 508 g/mol. The minimum absolute atomic E-state index is 0.0398. The Kier molecular flexibility index (Phi) is 6.31. The van der Waals surface area contributed by atoms with Crippen LogP contribution < -0.4 is 0 Å². The van der Waals surface area contributed by atoms with Gasteiger partial charge in [-0.25, -0.2) is 13.2 Å². The molecule has 3 heterocycles. The highest BCUT2D eigenvalue weighted by atomic mass is 19.1. The average Bonchev–Trinajstić information content (AvgIpc) is 3.41. The second kappa shape index (κ2) is 9.34. The Hall–Kier alpha value is -3.65. The number of alkyl halides is 1. The number of furan rings is 1. The number of rotatable bonds is 6. The van der Waals surface area contributed by atoms with Crippen molar-refractivity contribution in [2.45, 2.75) is 44.9 Å². The number of carbonyl (C=O) groups is 1. The molecule has 2 aromatic carbocycles. The Morgan fingerprint density at radius 1 is 1.16 bits per heavy atom. The van der Waals surface area contributed by atoms with Gasteiger partial charge in [0.25, 0.3) is 0 Å². The van der Waals surface area contributed by atoms with Crippen LogP contribution >= 0.6 is 0 Å². The number of nitrogens with zero attached hydrogens (tertiary/aromatic N) is 3. The second-order valence-corrected chi connectivity index (χ2v) is 10.3. The van der Waals surface area contributed by atoms with E-state index in [0.29, 0.717) is 24.1 Å². The topological polar surface area (TPSA) is 51.3 Å². The first-order valence-corrected chi connectivity index (χ1v) is 12.2. The summed E-state index contributed by atoms with van der Waals surface area (Å²) in [5.74, 6) is -1.16. The van der Waals surface area contributed by atoms with E-state index in [9.17, 15) is 9.18 Å². The molecule has 2 unspecified atom stereocenters. The third-order valence-corrected chi connectivity index (χ3v) is 6.81. The van der Waals surface area contributed by atoms with Crippen LogP contribution in [0.1, 0.15) is 49.3 Å². The summed E-state index contributed by atoms with van der Waals surface area (Å²) in [7, 11) is 1.85. The third kappa shape index (κ3) is 4.73. The van der Waals surface area contributed by atoms with Gasteiger partial charge in [-0.05, 0) is 68.7 Å². The zero-order valence-electron chi connectivity index (χ0n) is 21.1. The number of fused-ring (bicyclic) bond motifs is 3. The van der Waals surface area contributed by atoms with E-state index >= 15 is 8.78 Å². The highest BCUT2D eigenvalue weighted by Crippen LogP contribution is 2.45. The molecule has 0 amide bonds. The molecule has 4 aromatic rings. The van der Waals surface area contributed by atoms with Crippen LogP contribution in [0.4, 0.5) is 13.2 Å². The van der Waals surface area contributed by atoms with Gasteiger partial charge < -0.3 is 4.42 Å². The molecule has 0 bridgehead atoms. The Morgan fingerprint density at radius 3 is 2.51 bits per heavy atom. The Balaban J connectivity index is 1.70. The van der Waals surface area contributed by atoms with Crippen molar-refractivity contribution >= 4 is 23.3 Å². The summed E-state index contributed by atoms with van der Waals surface area (Å²) < 4.78 is 54.1. The molecular weight excluding hydrogens is 479 g/mol. The molecule has 192 valence electrons. The van der Waals surface area contributed by atoms with Crippen LogP contribution in [0.25, 0.3) is 28.2 Å². The third-order valence-electron chi connectivity index (χ3n) is 6.81. The van der Waals surface area contributed by atoms with Crippen LogP contribution in [-0.2, 0) is 18.3 Å². The summed E-state index contributed by atoms with van der Waals surface area (Å²) >= 11 is 0. The predicted molar refractivity (Wildman–Crippen MR) is 137 cm³/mol. The fraction of sp³-hybridized carbons (Fsp3) is 0.310. The quantitative estimate of drug-likeness (QED) is 0.224. The fourth-order valence-corrected chi connectivity index (χ4v) is 5.26. The lowest BCUT2D eigenvalue weighted by atomic mass is 9.87. The van der Waals surface area contributed by atoms with E-state index in [1.54, 1.807) is 15.8 Å². The van der Waals surface area contributed by atoms with Crippen molar-refractivity contribution in [1.82, 2.24) is 14.7 Å². The fourth-order valence-electron chi connectivity index (χ4n) is 5.26. The molecule has 5 rings (SSSR count). The van der Waals surface area contributed by atoms with Crippen LogP contribution in [0.5, 0.6) is 0 Å². The van der Waals surface area contributed by atoms with Gasteiger partial charge in [-0.2, -0.15) is 5.10 Å². The predicted octanol–water partition coefficient (Wildman–Crippen LogP) is 6.41. The molecular formula is C29H28F3N3O2. The molecule has 5 nitrogen and oxygen atoms in total. The zero-order valence-corrected chi connectivity index (χ0v) is 21.1. The van der Waals surface area contributed by atoms with Crippen molar-refractivity contribution in [2.75, 3.05) is 6.54 Å². The maximum absolute atomic E-state index is 15.6. The number of hydrogen-bond donors (Lipinski definition) is 0. The summed E-state index contributed by atoms with van der Waals surface area (Å²) in [6, 6.07) is 6.95. The number of allylic oxidation sites excluding steroid dienone is 1. The number of benzene rings is 2. The van der Waals surface area contributed by atoms with Gasteiger partial charge in [0, 0.05) is 47.9 Å². The van der Waals surface area contributed by atoms with Crippen molar-refractivity contribution in [2.24, 2.45) is 7.05 Å². The van der Waals surface area contributed by atoms with Crippen LogP contribution in [0.15, 0.2) is 53.2 Å². The van der Waals surface area contributed by atoms with Crippen LogP contribution in [0.2, 0.25) is 0 Å². The van der Waals surface area contributed by atoms with Gasteiger partial charge >= 0.3 is 0 Å². The van der Waals surface area contributed by atoms with Crippen molar-refractivity contribution in [3.8, 4) is 11.1 Å². The molecule has 8 heteroatoms. The lowest BCUT2D eigenvalue weighted by Gasteiger charge is -2.42. The van der Waals surface area contributed by atoms with E-state index in [4.69, 9.17) is 4.42 Å². The molecule has 0 saturated heterocycles. The molecule has 1 aliphatic rings. The van der Waals surface area contributed by atoms with E-state index in [-0.39, 0.29) is 23.7 Å². The first-order chi connectivity index (χ1) is 17.6. The van der Waals surface area contributed by atoms with Crippen molar-refractivity contribution in [3.05, 3.63) is 82.9 Å². The summed E-state index contributed by atoms with van der Waals surface area (Å²) in [6.45, 7) is 4.79. The minimum atomic E-state index is -1.61. The number of aryl methyl sites for hydroxylation is 1. The smallest absolute Gasteiger partial charge is 0.142 e. The molecule has 2 aromatic heterocycles. The van der Waals surface area contributed by atoms with Crippen molar-refractivity contribution in [1.29, 1.82) is 0 Å². The first-order valence-electron chi connectivity index (χ1n) is 12.2. The second-order valence-electron chi connectivity index (χ2n) is 10.3. The van der Waals surface area contributed by atoms with Crippen molar-refractivity contribution in [3.63, 3.8) is 0 Å². The van der Waals surface area contributed by atoms with Gasteiger partial charge in [0.1, 0.15) is 41.0 Å². The lowest BCUT2D eigenvalue weighted by molar-refractivity contribution is -0.104. The first kappa shape index (κ1) is 25.0. The van der Waals surface area contributed by atoms with Crippen molar-refractivity contribution < 1.29 is 22.4 Å². The largest absolute Gasteiger partial charge is 0.459 e. The van der Waals surface area contributed by atoms with Gasteiger partial charge in [-0.1, -0.05) is 12.1 Å². The Morgan fingerprint density at radius 2 is 1.89 bits per heavy atom. The van der Waals surface area contributed by atoms with Crippen LogP contribution in [0, 0.1) is 11.6 Å². The van der Waals surface area contributed by atoms with E-state index in [0.717, 1.165) is 22.1 Å². The number of aromatic nitrogens is 2. The minimum Gasteiger partial charge on any atom is -0.459 e. The van der Waals surface area contributed by atoms with E-state index < -0.39 is 23.3 Å². The molecule has 1 aliphatic heterocycles. The highest BCUT2D eigenvalue weighted by molar-refractivity contribution is 5.88. The molecule has 37 heavy (non-hydrogen) atoms. The number of aldehydes is 1. The monoisotopic (exact) mass is 507 g/mol. The molecule has 0 N–H and O–H groups in total. The molecule has 0 radical (unpaired) electrons. The lowest BCUT2D eigenvalue weighted by Crippen LogP contribution is -2.48. The molecule has 0 fully saturated rings. The van der Waals surface area contributed by atoms with Gasteiger partial charge in [0.05, 0.1) is 6.20 Å². The molecule has 0 spiro atoms. The number of carbonyl (C=O) groups excluding carboxylic acids is 1. The number of halogens is 3. The Labute approximate surface area is 213 Å². The standard InChI is InChI=1S/C29H28F3N3O2/c1-17-10-22-21-13-19(20-14-33-34(4)15-20)7-8-25(21)37-28(22)27(35(17)16-29(2,3)32)26-23(30)11-18(6-5-9-36)12-24(26)31/h5-9,11-15,17,27H,10,16H2,1-4H3/b6-5+. The highest BCUT2D eigenvalue weighted by Gasteiger charge is 2.42. The van der Waals surface area contributed by atoms with Gasteiger partial charge in [0.15, 0.2) is 0 Å². The molecule has 0 saturated carbocycles. The van der Waals surface area contributed by atoms with E-state index in [1.165, 1.54) is 38.1 Å². The van der Waals surface area contributed by atoms with Gasteiger partial charge in [0.2, 0.25) is 0 Å².